The molecule has 0 aliphatic carbocycles. The van der Waals surface area contributed by atoms with E-state index in [-0.39, 0.29) is 11.1 Å². The molecule has 112 valence electrons. The van der Waals surface area contributed by atoms with E-state index in [1.54, 1.807) is 19.1 Å². The van der Waals surface area contributed by atoms with E-state index >= 15 is 0 Å². The van der Waals surface area contributed by atoms with Gasteiger partial charge in [-0.2, -0.15) is 13.2 Å². The van der Waals surface area contributed by atoms with Crippen LogP contribution < -0.4 is 11.5 Å². The molecule has 0 amide bonds. The molecule has 0 heterocycles. The van der Waals surface area contributed by atoms with Crippen LogP contribution in [0, 0.1) is 6.92 Å². The standard InChI is InChI=1S/C16H17F3N2/c1-10-6-12(9-14(21)7-10)15(2,16(17,18)19)11-4-3-5-13(20)8-11/h3-9H,20-21H2,1-2H3. The van der Waals surface area contributed by atoms with Gasteiger partial charge in [0.15, 0.2) is 0 Å². The zero-order valence-electron chi connectivity index (χ0n) is 11.8. The summed E-state index contributed by atoms with van der Waals surface area (Å²) >= 11 is 0. The van der Waals surface area contributed by atoms with Crippen molar-refractivity contribution in [2.24, 2.45) is 0 Å². The molecule has 5 heteroatoms. The second-order valence-electron chi connectivity index (χ2n) is 5.38. The SMILES string of the molecule is Cc1cc(N)cc(C(C)(c2cccc(N)c2)C(F)(F)F)c1. The average molecular weight is 294 g/mol. The molecule has 2 aromatic carbocycles. The molecule has 4 N–H and O–H groups in total. The number of anilines is 2. The Morgan fingerprint density at radius 3 is 2.00 bits per heavy atom. The van der Waals surface area contributed by atoms with Gasteiger partial charge in [-0.15, -0.1) is 0 Å². The number of halogens is 3. The maximum absolute atomic E-state index is 13.8. The summed E-state index contributed by atoms with van der Waals surface area (Å²) in [5.74, 6) is 0. The van der Waals surface area contributed by atoms with Gasteiger partial charge >= 0.3 is 6.18 Å². The molecule has 0 radical (unpaired) electrons. The highest BCUT2D eigenvalue weighted by Gasteiger charge is 2.53. The van der Waals surface area contributed by atoms with E-state index in [0.29, 0.717) is 16.9 Å². The van der Waals surface area contributed by atoms with Crippen molar-refractivity contribution in [1.29, 1.82) is 0 Å². The number of nitrogens with two attached hydrogens (primary N) is 2. The lowest BCUT2D eigenvalue weighted by Gasteiger charge is -2.33. The number of hydrogen-bond acceptors (Lipinski definition) is 2. The van der Waals surface area contributed by atoms with Crippen LogP contribution >= 0.6 is 0 Å². The smallest absolute Gasteiger partial charge is 0.399 e. The van der Waals surface area contributed by atoms with Crippen molar-refractivity contribution in [2.75, 3.05) is 11.5 Å². The van der Waals surface area contributed by atoms with Crippen molar-refractivity contribution >= 4 is 11.4 Å². The molecular formula is C16H17F3N2. The molecule has 2 nitrogen and oxygen atoms in total. The minimum atomic E-state index is -4.47. The molecule has 0 aliphatic rings. The fourth-order valence-corrected chi connectivity index (χ4v) is 2.45. The maximum atomic E-state index is 13.8. The molecule has 2 rings (SSSR count). The molecule has 1 unspecified atom stereocenters. The van der Waals surface area contributed by atoms with Crippen LogP contribution in [0.25, 0.3) is 0 Å². The van der Waals surface area contributed by atoms with Gasteiger partial charge in [0.05, 0.1) is 0 Å². The predicted octanol–water partition coefficient (Wildman–Crippen LogP) is 4.03. The monoisotopic (exact) mass is 294 g/mol. The molecule has 0 aliphatic heterocycles. The van der Waals surface area contributed by atoms with Crippen molar-refractivity contribution in [3.8, 4) is 0 Å². The van der Waals surface area contributed by atoms with E-state index in [9.17, 15) is 13.2 Å². The summed E-state index contributed by atoms with van der Waals surface area (Å²) in [6.07, 6.45) is -4.47. The third-order valence-corrected chi connectivity index (χ3v) is 3.71. The van der Waals surface area contributed by atoms with Crippen LogP contribution in [0.3, 0.4) is 0 Å². The van der Waals surface area contributed by atoms with E-state index in [0.717, 1.165) is 6.92 Å². The fraction of sp³-hybridized carbons (Fsp3) is 0.250. The van der Waals surface area contributed by atoms with Gasteiger partial charge in [-0.3, -0.25) is 0 Å². The number of benzene rings is 2. The minimum absolute atomic E-state index is 0.0972. The van der Waals surface area contributed by atoms with Crippen molar-refractivity contribution in [2.45, 2.75) is 25.4 Å². The Balaban J connectivity index is 2.74. The molecule has 0 saturated carbocycles. The fourth-order valence-electron chi connectivity index (χ4n) is 2.45. The van der Waals surface area contributed by atoms with Crippen molar-refractivity contribution < 1.29 is 13.2 Å². The molecule has 0 fully saturated rings. The molecule has 0 spiro atoms. The van der Waals surface area contributed by atoms with E-state index in [1.807, 2.05) is 0 Å². The lowest BCUT2D eigenvalue weighted by Crippen LogP contribution is -2.40. The van der Waals surface area contributed by atoms with Crippen LogP contribution in [-0.2, 0) is 5.41 Å². The Kier molecular flexibility index (Phi) is 3.61. The molecule has 0 bridgehead atoms. The third kappa shape index (κ3) is 2.68. The number of nitrogen functional groups attached to an aromatic ring is 2. The van der Waals surface area contributed by atoms with Gasteiger partial charge < -0.3 is 11.5 Å². The van der Waals surface area contributed by atoms with Crippen LogP contribution in [-0.4, -0.2) is 6.18 Å². The Labute approximate surface area is 121 Å². The second-order valence-corrected chi connectivity index (χ2v) is 5.38. The first-order valence-corrected chi connectivity index (χ1v) is 6.45. The number of aryl methyl sites for hydroxylation is 1. The van der Waals surface area contributed by atoms with Crippen LogP contribution in [0.5, 0.6) is 0 Å². The normalized spacial score (nSPS) is 14.7. The summed E-state index contributed by atoms with van der Waals surface area (Å²) in [7, 11) is 0. The van der Waals surface area contributed by atoms with Gasteiger partial charge in [0.2, 0.25) is 0 Å². The number of hydrogen-bond donors (Lipinski definition) is 2. The highest BCUT2D eigenvalue weighted by molar-refractivity contribution is 5.53. The predicted molar refractivity (Wildman–Crippen MR) is 79.0 cm³/mol. The minimum Gasteiger partial charge on any atom is -0.399 e. The van der Waals surface area contributed by atoms with Crippen LogP contribution in [0.1, 0.15) is 23.6 Å². The molecule has 1 atom stereocenters. The van der Waals surface area contributed by atoms with Crippen molar-refractivity contribution in [3.63, 3.8) is 0 Å². The summed E-state index contributed by atoms with van der Waals surface area (Å²) in [6, 6.07) is 10.4. The first kappa shape index (κ1) is 15.2. The zero-order chi connectivity index (χ0) is 15.8. The molecule has 0 saturated heterocycles. The van der Waals surface area contributed by atoms with Crippen LogP contribution in [0.2, 0.25) is 0 Å². The first-order chi connectivity index (χ1) is 9.64. The van der Waals surface area contributed by atoms with Gasteiger partial charge in [-0.25, -0.2) is 0 Å². The lowest BCUT2D eigenvalue weighted by atomic mass is 9.75. The van der Waals surface area contributed by atoms with E-state index < -0.39 is 11.6 Å². The molecule has 0 aromatic heterocycles. The van der Waals surface area contributed by atoms with E-state index in [2.05, 4.69) is 0 Å². The van der Waals surface area contributed by atoms with Crippen molar-refractivity contribution in [1.82, 2.24) is 0 Å². The Hall–Kier alpha value is -2.17. The van der Waals surface area contributed by atoms with Crippen LogP contribution in [0.4, 0.5) is 24.5 Å². The first-order valence-electron chi connectivity index (χ1n) is 6.45. The third-order valence-electron chi connectivity index (χ3n) is 3.71. The quantitative estimate of drug-likeness (QED) is 0.822. The second kappa shape index (κ2) is 4.98. The lowest BCUT2D eigenvalue weighted by molar-refractivity contribution is -0.173. The topological polar surface area (TPSA) is 52.0 Å². The maximum Gasteiger partial charge on any atom is 0.402 e. The van der Waals surface area contributed by atoms with Gasteiger partial charge in [0.1, 0.15) is 5.41 Å². The van der Waals surface area contributed by atoms with Crippen LogP contribution in [0.15, 0.2) is 42.5 Å². The highest BCUT2D eigenvalue weighted by Crippen LogP contribution is 2.46. The summed E-state index contributed by atoms with van der Waals surface area (Å²) in [5.41, 5.74) is 10.7. The molecule has 2 aromatic rings. The van der Waals surface area contributed by atoms with Gasteiger partial charge in [-0.05, 0) is 54.8 Å². The summed E-state index contributed by atoms with van der Waals surface area (Å²) in [6.45, 7) is 2.87. The summed E-state index contributed by atoms with van der Waals surface area (Å²) in [4.78, 5) is 0. The largest absolute Gasteiger partial charge is 0.402 e. The van der Waals surface area contributed by atoms with Gasteiger partial charge in [-0.1, -0.05) is 18.2 Å². The highest BCUT2D eigenvalue weighted by atomic mass is 19.4. The number of rotatable bonds is 2. The number of alkyl halides is 3. The zero-order valence-corrected chi connectivity index (χ0v) is 11.8. The van der Waals surface area contributed by atoms with Gasteiger partial charge in [0.25, 0.3) is 0 Å². The van der Waals surface area contributed by atoms with Gasteiger partial charge in [0, 0.05) is 11.4 Å². The summed E-state index contributed by atoms with van der Waals surface area (Å²) < 4.78 is 41.4. The molecular weight excluding hydrogens is 277 g/mol. The molecule has 21 heavy (non-hydrogen) atoms. The van der Waals surface area contributed by atoms with E-state index in [4.69, 9.17) is 11.5 Å². The van der Waals surface area contributed by atoms with Crippen molar-refractivity contribution in [3.05, 3.63) is 59.2 Å². The Bertz CT molecular complexity index is 645. The average Bonchev–Trinajstić information content (AvgIpc) is 2.35. The Morgan fingerprint density at radius 2 is 1.48 bits per heavy atom. The summed E-state index contributed by atoms with van der Waals surface area (Å²) in [5, 5.41) is 0. The van der Waals surface area contributed by atoms with E-state index in [1.165, 1.54) is 30.3 Å². The Morgan fingerprint density at radius 1 is 0.857 bits per heavy atom.